The summed E-state index contributed by atoms with van der Waals surface area (Å²) in [6, 6.07) is 2.73. The predicted molar refractivity (Wildman–Crippen MR) is 51.3 cm³/mol. The average Bonchev–Trinajstić information content (AvgIpc) is 2.17. The minimum atomic E-state index is -1.38. The third-order valence-electron chi connectivity index (χ3n) is 1.76. The Morgan fingerprint density at radius 1 is 1.60 bits per heavy atom. The number of pyridine rings is 1. The highest BCUT2D eigenvalue weighted by molar-refractivity contribution is 5.97. The molecule has 1 aromatic heterocycles. The van der Waals surface area contributed by atoms with Gasteiger partial charge in [0.05, 0.1) is 0 Å². The molecule has 0 aromatic carbocycles. The van der Waals surface area contributed by atoms with Crippen molar-refractivity contribution in [1.29, 1.82) is 0 Å². The molecule has 0 radical (unpaired) electrons. The predicted octanol–water partition coefficient (Wildman–Crippen LogP) is 0.367. The first-order chi connectivity index (χ1) is 7.06. The fraction of sp³-hybridized carbons (Fsp3) is 0.222. The Kier molecular flexibility index (Phi) is 3.22. The van der Waals surface area contributed by atoms with Gasteiger partial charge >= 0.3 is 11.7 Å². The number of carbonyl (C=O) groups is 2. The molecule has 0 aliphatic carbocycles. The van der Waals surface area contributed by atoms with Crippen LogP contribution in [0.15, 0.2) is 18.3 Å². The maximum Gasteiger partial charge on any atom is 0.404 e. The van der Waals surface area contributed by atoms with E-state index in [9.17, 15) is 14.8 Å². The van der Waals surface area contributed by atoms with E-state index in [0.717, 1.165) is 6.20 Å². The molecule has 1 aromatic rings. The molecule has 0 aliphatic heterocycles. The van der Waals surface area contributed by atoms with Crippen molar-refractivity contribution in [3.8, 4) is 0 Å². The number of rotatable bonds is 3. The minimum Gasteiger partial charge on any atom is -0.618 e. The number of nitrogens with zero attached hydrogens (tertiary/aromatic N) is 1. The molecular formula is C9H10N2O4. The third kappa shape index (κ3) is 2.43. The Hall–Kier alpha value is -2.11. The molecule has 0 saturated carbocycles. The summed E-state index contributed by atoms with van der Waals surface area (Å²) < 4.78 is 0.202. The molecule has 2 N–H and O–H groups in total. The van der Waals surface area contributed by atoms with Crippen LogP contribution in [0, 0.1) is 5.21 Å². The van der Waals surface area contributed by atoms with Crippen molar-refractivity contribution in [1.82, 2.24) is 0 Å². The molecule has 1 amide bonds. The largest absolute Gasteiger partial charge is 0.618 e. The number of amides is 1. The van der Waals surface area contributed by atoms with Gasteiger partial charge in [0.2, 0.25) is 5.91 Å². The third-order valence-corrected chi connectivity index (χ3v) is 1.76. The molecule has 0 aliphatic rings. The van der Waals surface area contributed by atoms with E-state index in [1.807, 2.05) is 0 Å². The van der Waals surface area contributed by atoms with Crippen molar-refractivity contribution in [2.45, 2.75) is 13.3 Å². The Morgan fingerprint density at radius 2 is 2.27 bits per heavy atom. The number of carbonyl (C=O) groups excluding carboxylic acids is 1. The lowest BCUT2D eigenvalue weighted by atomic mass is 10.3. The minimum absolute atomic E-state index is 0.00634. The van der Waals surface area contributed by atoms with Crippen molar-refractivity contribution in [3.05, 3.63) is 29.2 Å². The summed E-state index contributed by atoms with van der Waals surface area (Å²) >= 11 is 0. The van der Waals surface area contributed by atoms with Crippen LogP contribution < -0.4 is 10.0 Å². The van der Waals surface area contributed by atoms with Gasteiger partial charge in [0, 0.05) is 12.5 Å². The van der Waals surface area contributed by atoms with Gasteiger partial charge in [0.25, 0.3) is 0 Å². The van der Waals surface area contributed by atoms with Crippen LogP contribution in [0.1, 0.15) is 23.8 Å². The van der Waals surface area contributed by atoms with Crippen LogP contribution in [0.2, 0.25) is 0 Å². The summed E-state index contributed by atoms with van der Waals surface area (Å²) in [7, 11) is 0. The topological polar surface area (TPSA) is 93.3 Å². The Labute approximate surface area is 85.7 Å². The van der Waals surface area contributed by atoms with Crippen LogP contribution in [0.3, 0.4) is 0 Å². The van der Waals surface area contributed by atoms with Gasteiger partial charge in [0.15, 0.2) is 6.20 Å². The highest BCUT2D eigenvalue weighted by Crippen LogP contribution is 2.10. The first-order valence-corrected chi connectivity index (χ1v) is 4.31. The van der Waals surface area contributed by atoms with E-state index in [1.54, 1.807) is 6.92 Å². The lowest BCUT2D eigenvalue weighted by molar-refractivity contribution is -0.607. The van der Waals surface area contributed by atoms with Gasteiger partial charge in [-0.1, -0.05) is 6.92 Å². The molecule has 0 fully saturated rings. The highest BCUT2D eigenvalue weighted by atomic mass is 16.5. The average molecular weight is 210 g/mol. The van der Waals surface area contributed by atoms with Crippen LogP contribution >= 0.6 is 0 Å². The van der Waals surface area contributed by atoms with E-state index < -0.39 is 11.7 Å². The molecule has 0 saturated heterocycles. The lowest BCUT2D eigenvalue weighted by Crippen LogP contribution is -2.35. The molecule has 0 spiro atoms. The van der Waals surface area contributed by atoms with E-state index in [0.29, 0.717) is 0 Å². The zero-order valence-corrected chi connectivity index (χ0v) is 8.06. The molecular weight excluding hydrogens is 200 g/mol. The molecule has 6 nitrogen and oxygen atoms in total. The number of aromatic carboxylic acids is 1. The number of aromatic nitrogens is 1. The van der Waals surface area contributed by atoms with Crippen LogP contribution in [0.5, 0.6) is 0 Å². The SMILES string of the molecule is CCC(=O)Nc1ccc[n+]([O-])c1C(=O)O. The number of hydrogen-bond acceptors (Lipinski definition) is 3. The van der Waals surface area contributed by atoms with Crippen molar-refractivity contribution in [2.75, 3.05) is 5.32 Å². The number of anilines is 1. The number of carboxylic acid groups (broad SMARTS) is 1. The fourth-order valence-electron chi connectivity index (χ4n) is 1.04. The van der Waals surface area contributed by atoms with Crippen molar-refractivity contribution in [3.63, 3.8) is 0 Å². The van der Waals surface area contributed by atoms with E-state index in [2.05, 4.69) is 5.32 Å². The first kappa shape index (κ1) is 11.0. The van der Waals surface area contributed by atoms with Gasteiger partial charge in [0.1, 0.15) is 5.69 Å². The monoisotopic (exact) mass is 210 g/mol. The van der Waals surface area contributed by atoms with Gasteiger partial charge in [-0.15, -0.1) is 0 Å². The van der Waals surface area contributed by atoms with Crippen LogP contribution in [-0.2, 0) is 4.79 Å². The molecule has 0 bridgehead atoms. The van der Waals surface area contributed by atoms with Crippen molar-refractivity contribution < 1.29 is 19.4 Å². The summed E-state index contributed by atoms with van der Waals surface area (Å²) in [4.78, 5) is 21.8. The second-order valence-corrected chi connectivity index (χ2v) is 2.80. The van der Waals surface area contributed by atoms with E-state index in [-0.39, 0.29) is 22.7 Å². The maximum absolute atomic E-state index is 11.1. The van der Waals surface area contributed by atoms with Gasteiger partial charge in [-0.05, 0) is 6.07 Å². The summed E-state index contributed by atoms with van der Waals surface area (Å²) in [5.74, 6) is -1.72. The Balaban J connectivity index is 3.11. The molecule has 6 heteroatoms. The van der Waals surface area contributed by atoms with Gasteiger partial charge in [-0.25, -0.2) is 4.79 Å². The van der Waals surface area contributed by atoms with Crippen molar-refractivity contribution >= 4 is 17.6 Å². The molecule has 80 valence electrons. The lowest BCUT2D eigenvalue weighted by Gasteiger charge is -2.06. The standard InChI is InChI=1S/C9H10N2O4/c1-2-7(12)10-6-4-3-5-11(15)8(6)9(13)14/h3-5H,2H2,1H3,(H,10,12)(H,13,14). The summed E-state index contributed by atoms with van der Waals surface area (Å²) in [6.07, 6.45) is 1.28. The molecule has 1 rings (SSSR count). The normalized spacial score (nSPS) is 9.67. The van der Waals surface area contributed by atoms with E-state index >= 15 is 0 Å². The Morgan fingerprint density at radius 3 is 2.80 bits per heavy atom. The van der Waals surface area contributed by atoms with Crippen LogP contribution in [0.25, 0.3) is 0 Å². The second kappa shape index (κ2) is 4.41. The molecule has 1 heterocycles. The van der Waals surface area contributed by atoms with Crippen LogP contribution in [-0.4, -0.2) is 17.0 Å². The summed E-state index contributed by atoms with van der Waals surface area (Å²) in [5.41, 5.74) is -0.480. The zero-order valence-electron chi connectivity index (χ0n) is 8.06. The fourth-order valence-corrected chi connectivity index (χ4v) is 1.04. The van der Waals surface area contributed by atoms with Crippen molar-refractivity contribution in [2.24, 2.45) is 0 Å². The zero-order chi connectivity index (χ0) is 11.4. The quantitative estimate of drug-likeness (QED) is 0.556. The first-order valence-electron chi connectivity index (χ1n) is 4.31. The van der Waals surface area contributed by atoms with Crippen LogP contribution in [0.4, 0.5) is 5.69 Å². The van der Waals surface area contributed by atoms with Gasteiger partial charge in [-0.2, -0.15) is 4.73 Å². The number of carboxylic acids is 1. The summed E-state index contributed by atoms with van der Waals surface area (Å²) in [6.45, 7) is 1.63. The molecule has 15 heavy (non-hydrogen) atoms. The van der Waals surface area contributed by atoms with Gasteiger partial charge < -0.3 is 15.6 Å². The summed E-state index contributed by atoms with van der Waals surface area (Å²) in [5, 5.41) is 22.2. The van der Waals surface area contributed by atoms with E-state index in [1.165, 1.54) is 12.1 Å². The van der Waals surface area contributed by atoms with Gasteiger partial charge in [-0.3, -0.25) is 4.79 Å². The molecule has 0 unspecified atom stereocenters. The second-order valence-electron chi connectivity index (χ2n) is 2.80. The Bertz CT molecular complexity index is 403. The number of hydrogen-bond donors (Lipinski definition) is 2. The maximum atomic E-state index is 11.1. The smallest absolute Gasteiger partial charge is 0.404 e. The number of nitrogens with one attached hydrogen (secondary N) is 1. The highest BCUT2D eigenvalue weighted by Gasteiger charge is 2.21. The molecule has 0 atom stereocenters. The van der Waals surface area contributed by atoms with E-state index in [4.69, 9.17) is 5.11 Å².